The quantitative estimate of drug-likeness (QED) is 0.703. The Hall–Kier alpha value is -1.75. The first-order valence-electron chi connectivity index (χ1n) is 3.90. The molecule has 0 amide bonds. The van der Waals surface area contributed by atoms with Gasteiger partial charge in [0, 0.05) is 12.7 Å². The van der Waals surface area contributed by atoms with Gasteiger partial charge in [-0.25, -0.2) is 9.67 Å². The number of hydrogen-bond donors (Lipinski definition) is 1. The van der Waals surface area contributed by atoms with E-state index < -0.39 is 0 Å². The smallest absolute Gasteiger partial charge is 0.138 e. The van der Waals surface area contributed by atoms with Crippen molar-refractivity contribution in [3.05, 3.63) is 36.7 Å². The molecule has 0 saturated carbocycles. The lowest BCUT2D eigenvalue weighted by molar-refractivity contribution is 0.865. The van der Waals surface area contributed by atoms with E-state index in [2.05, 4.69) is 15.1 Å². The Balaban J connectivity index is 2.41. The van der Waals surface area contributed by atoms with Crippen LogP contribution in [-0.4, -0.2) is 19.7 Å². The summed E-state index contributed by atoms with van der Waals surface area (Å²) in [7, 11) is 0. The number of nitrogens with zero attached hydrogens (tertiary/aromatic N) is 4. The SMILES string of the molecule is NCc1cc(-n2cncn2)ccn1. The summed E-state index contributed by atoms with van der Waals surface area (Å²) in [5, 5.41) is 4.00. The Morgan fingerprint density at radius 1 is 1.46 bits per heavy atom. The van der Waals surface area contributed by atoms with E-state index in [4.69, 9.17) is 5.73 Å². The van der Waals surface area contributed by atoms with Crippen LogP contribution in [0.3, 0.4) is 0 Å². The Labute approximate surface area is 75.2 Å². The van der Waals surface area contributed by atoms with E-state index in [1.54, 1.807) is 17.2 Å². The normalized spacial score (nSPS) is 10.2. The molecule has 0 aliphatic rings. The lowest BCUT2D eigenvalue weighted by Gasteiger charge is -2.01. The highest BCUT2D eigenvalue weighted by molar-refractivity contribution is 5.30. The van der Waals surface area contributed by atoms with Crippen molar-refractivity contribution in [3.63, 3.8) is 0 Å². The first-order chi connectivity index (χ1) is 6.40. The summed E-state index contributed by atoms with van der Waals surface area (Å²) in [6.07, 6.45) is 4.83. The molecule has 5 nitrogen and oxygen atoms in total. The molecule has 0 aromatic carbocycles. The summed E-state index contributed by atoms with van der Waals surface area (Å²) in [6, 6.07) is 3.74. The minimum Gasteiger partial charge on any atom is -0.325 e. The average molecular weight is 175 g/mol. The molecule has 5 heteroatoms. The largest absolute Gasteiger partial charge is 0.325 e. The molecule has 0 saturated heterocycles. The maximum Gasteiger partial charge on any atom is 0.138 e. The topological polar surface area (TPSA) is 69.6 Å². The van der Waals surface area contributed by atoms with Crippen LogP contribution in [0.5, 0.6) is 0 Å². The van der Waals surface area contributed by atoms with Crippen LogP contribution < -0.4 is 5.73 Å². The molecular weight excluding hydrogens is 166 g/mol. The van der Waals surface area contributed by atoms with Gasteiger partial charge in [-0.1, -0.05) is 0 Å². The van der Waals surface area contributed by atoms with Crippen LogP contribution in [0, 0.1) is 0 Å². The Morgan fingerprint density at radius 2 is 2.38 bits per heavy atom. The van der Waals surface area contributed by atoms with Gasteiger partial charge in [-0.15, -0.1) is 0 Å². The number of rotatable bonds is 2. The van der Waals surface area contributed by atoms with Crippen molar-refractivity contribution in [1.29, 1.82) is 0 Å². The fraction of sp³-hybridized carbons (Fsp3) is 0.125. The van der Waals surface area contributed by atoms with Gasteiger partial charge in [0.1, 0.15) is 12.7 Å². The second-order valence-corrected chi connectivity index (χ2v) is 2.55. The van der Waals surface area contributed by atoms with Crippen molar-refractivity contribution in [2.75, 3.05) is 0 Å². The summed E-state index contributed by atoms with van der Waals surface area (Å²) in [6.45, 7) is 0.433. The van der Waals surface area contributed by atoms with Crippen LogP contribution in [-0.2, 0) is 6.54 Å². The number of aromatic nitrogens is 4. The molecule has 66 valence electrons. The molecule has 2 N–H and O–H groups in total. The lowest BCUT2D eigenvalue weighted by atomic mass is 10.3. The van der Waals surface area contributed by atoms with Crippen molar-refractivity contribution in [2.24, 2.45) is 5.73 Å². The molecule has 0 spiro atoms. The molecule has 2 aromatic heterocycles. The van der Waals surface area contributed by atoms with Gasteiger partial charge < -0.3 is 5.73 Å². The number of hydrogen-bond acceptors (Lipinski definition) is 4. The van der Waals surface area contributed by atoms with Gasteiger partial charge in [0.2, 0.25) is 0 Å². The van der Waals surface area contributed by atoms with Crippen molar-refractivity contribution in [2.45, 2.75) is 6.54 Å². The molecule has 2 aromatic rings. The molecule has 0 aliphatic heterocycles. The summed E-state index contributed by atoms with van der Waals surface area (Å²) >= 11 is 0. The molecule has 0 atom stereocenters. The van der Waals surface area contributed by atoms with E-state index in [9.17, 15) is 0 Å². The average Bonchev–Trinajstić information content (AvgIpc) is 2.71. The third-order valence-electron chi connectivity index (χ3n) is 1.69. The molecule has 0 unspecified atom stereocenters. The van der Waals surface area contributed by atoms with Gasteiger partial charge in [0.25, 0.3) is 0 Å². The number of nitrogens with two attached hydrogens (primary N) is 1. The van der Waals surface area contributed by atoms with Crippen LogP contribution in [0.15, 0.2) is 31.0 Å². The summed E-state index contributed by atoms with van der Waals surface area (Å²) in [5.41, 5.74) is 7.23. The highest BCUT2D eigenvalue weighted by Gasteiger charge is 1.97. The van der Waals surface area contributed by atoms with Gasteiger partial charge in [-0.05, 0) is 12.1 Å². The second-order valence-electron chi connectivity index (χ2n) is 2.55. The predicted octanol–water partition coefficient (Wildman–Crippen LogP) is 0.121. The van der Waals surface area contributed by atoms with Crippen molar-refractivity contribution < 1.29 is 0 Å². The van der Waals surface area contributed by atoms with Gasteiger partial charge in [0.05, 0.1) is 11.4 Å². The van der Waals surface area contributed by atoms with Crippen molar-refractivity contribution >= 4 is 0 Å². The van der Waals surface area contributed by atoms with Gasteiger partial charge in [-0.2, -0.15) is 5.10 Å². The second kappa shape index (κ2) is 3.32. The van der Waals surface area contributed by atoms with Crippen molar-refractivity contribution in [1.82, 2.24) is 19.7 Å². The van der Waals surface area contributed by atoms with E-state index in [1.807, 2.05) is 12.1 Å². The minimum absolute atomic E-state index is 0.433. The summed E-state index contributed by atoms with van der Waals surface area (Å²) in [4.78, 5) is 7.94. The van der Waals surface area contributed by atoms with Crippen LogP contribution in [0.4, 0.5) is 0 Å². The molecule has 0 bridgehead atoms. The van der Waals surface area contributed by atoms with E-state index in [1.165, 1.54) is 6.33 Å². The van der Waals surface area contributed by atoms with Gasteiger partial charge in [0.15, 0.2) is 0 Å². The van der Waals surface area contributed by atoms with Gasteiger partial charge in [-0.3, -0.25) is 4.98 Å². The molecular formula is C8H9N5. The maximum atomic E-state index is 5.46. The molecule has 0 radical (unpaired) electrons. The van der Waals surface area contributed by atoms with Crippen LogP contribution in [0.25, 0.3) is 5.69 Å². The zero-order chi connectivity index (χ0) is 9.10. The molecule has 2 heterocycles. The van der Waals surface area contributed by atoms with E-state index >= 15 is 0 Å². The Kier molecular flexibility index (Phi) is 2.01. The summed E-state index contributed by atoms with van der Waals surface area (Å²) < 4.78 is 1.67. The Morgan fingerprint density at radius 3 is 3.08 bits per heavy atom. The van der Waals surface area contributed by atoms with Crippen LogP contribution >= 0.6 is 0 Å². The maximum absolute atomic E-state index is 5.46. The van der Waals surface area contributed by atoms with E-state index in [0.29, 0.717) is 6.54 Å². The zero-order valence-electron chi connectivity index (χ0n) is 6.96. The standard InChI is InChI=1S/C8H9N5/c9-4-7-3-8(1-2-11-7)13-6-10-5-12-13/h1-3,5-6H,4,9H2. The fourth-order valence-electron chi connectivity index (χ4n) is 1.06. The van der Waals surface area contributed by atoms with Crippen LogP contribution in [0.1, 0.15) is 5.69 Å². The highest BCUT2D eigenvalue weighted by Crippen LogP contribution is 2.05. The minimum atomic E-state index is 0.433. The molecule has 2 rings (SSSR count). The third-order valence-corrected chi connectivity index (χ3v) is 1.69. The monoisotopic (exact) mass is 175 g/mol. The predicted molar refractivity (Wildman–Crippen MR) is 47.0 cm³/mol. The first kappa shape index (κ1) is 7.88. The molecule has 0 fully saturated rings. The van der Waals surface area contributed by atoms with Crippen LogP contribution in [0.2, 0.25) is 0 Å². The summed E-state index contributed by atoms with van der Waals surface area (Å²) in [5.74, 6) is 0. The highest BCUT2D eigenvalue weighted by atomic mass is 15.3. The van der Waals surface area contributed by atoms with Gasteiger partial charge >= 0.3 is 0 Å². The van der Waals surface area contributed by atoms with E-state index in [-0.39, 0.29) is 0 Å². The van der Waals surface area contributed by atoms with Crippen molar-refractivity contribution in [3.8, 4) is 5.69 Å². The number of pyridine rings is 1. The third kappa shape index (κ3) is 1.54. The lowest BCUT2D eigenvalue weighted by Crippen LogP contribution is -2.02. The molecule has 13 heavy (non-hydrogen) atoms. The zero-order valence-corrected chi connectivity index (χ0v) is 6.96. The Bertz CT molecular complexity index is 381. The van der Waals surface area contributed by atoms with E-state index in [0.717, 1.165) is 11.4 Å². The molecule has 0 aliphatic carbocycles. The first-order valence-corrected chi connectivity index (χ1v) is 3.90. The fourth-order valence-corrected chi connectivity index (χ4v) is 1.06.